The van der Waals surface area contributed by atoms with E-state index in [-0.39, 0.29) is 0 Å². The molecule has 0 aliphatic carbocycles. The van der Waals surface area contributed by atoms with E-state index < -0.39 is 0 Å². The zero-order valence-electron chi connectivity index (χ0n) is 11.0. The standard InChI is InChI=1S/C14H23ClN2/c1-4-10-17(11(2)3)14-12(8-9-16)6-5-7-13(14)15/h5-7,11H,4,8-10,16H2,1-3H3. The molecule has 0 amide bonds. The first kappa shape index (κ1) is 14.3. The minimum atomic E-state index is 0.450. The van der Waals surface area contributed by atoms with E-state index in [4.69, 9.17) is 17.3 Å². The van der Waals surface area contributed by atoms with Crippen molar-refractivity contribution in [1.29, 1.82) is 0 Å². The van der Waals surface area contributed by atoms with E-state index in [9.17, 15) is 0 Å². The summed E-state index contributed by atoms with van der Waals surface area (Å²) in [4.78, 5) is 2.37. The molecule has 0 saturated carbocycles. The lowest BCUT2D eigenvalue weighted by Gasteiger charge is -2.31. The summed E-state index contributed by atoms with van der Waals surface area (Å²) in [6.45, 7) is 8.27. The number of benzene rings is 1. The van der Waals surface area contributed by atoms with Crippen LogP contribution in [0.2, 0.25) is 5.02 Å². The van der Waals surface area contributed by atoms with Crippen molar-refractivity contribution in [2.24, 2.45) is 5.73 Å². The van der Waals surface area contributed by atoms with Gasteiger partial charge in [-0.2, -0.15) is 0 Å². The average Bonchev–Trinajstić information content (AvgIpc) is 2.27. The predicted molar refractivity (Wildman–Crippen MR) is 77.0 cm³/mol. The zero-order chi connectivity index (χ0) is 12.8. The topological polar surface area (TPSA) is 29.3 Å². The van der Waals surface area contributed by atoms with Crippen LogP contribution in [0.15, 0.2) is 18.2 Å². The fourth-order valence-electron chi connectivity index (χ4n) is 2.11. The first-order valence-electron chi connectivity index (χ1n) is 6.35. The number of hydrogen-bond donors (Lipinski definition) is 1. The summed E-state index contributed by atoms with van der Waals surface area (Å²) in [6, 6.07) is 6.54. The fourth-order valence-corrected chi connectivity index (χ4v) is 2.41. The van der Waals surface area contributed by atoms with Crippen molar-refractivity contribution in [3.05, 3.63) is 28.8 Å². The maximum absolute atomic E-state index is 6.36. The molecule has 2 N–H and O–H groups in total. The van der Waals surface area contributed by atoms with Gasteiger partial charge in [0.15, 0.2) is 0 Å². The Balaban J connectivity index is 3.14. The second kappa shape index (κ2) is 6.87. The van der Waals surface area contributed by atoms with Crippen LogP contribution >= 0.6 is 11.6 Å². The third kappa shape index (κ3) is 3.62. The number of rotatable bonds is 6. The monoisotopic (exact) mass is 254 g/mol. The van der Waals surface area contributed by atoms with Gasteiger partial charge in [-0.1, -0.05) is 30.7 Å². The number of anilines is 1. The molecule has 2 nitrogen and oxygen atoms in total. The van der Waals surface area contributed by atoms with Crippen molar-refractivity contribution in [1.82, 2.24) is 0 Å². The Bertz CT molecular complexity index is 350. The molecule has 0 heterocycles. The second-order valence-electron chi connectivity index (χ2n) is 4.57. The zero-order valence-corrected chi connectivity index (χ0v) is 11.8. The Morgan fingerprint density at radius 3 is 2.59 bits per heavy atom. The van der Waals surface area contributed by atoms with Crippen molar-refractivity contribution in [3.63, 3.8) is 0 Å². The highest BCUT2D eigenvalue weighted by molar-refractivity contribution is 6.33. The number of hydrogen-bond acceptors (Lipinski definition) is 2. The molecule has 1 rings (SSSR count). The summed E-state index contributed by atoms with van der Waals surface area (Å²) in [5.41, 5.74) is 8.08. The van der Waals surface area contributed by atoms with Crippen molar-refractivity contribution in [2.75, 3.05) is 18.0 Å². The van der Waals surface area contributed by atoms with E-state index in [0.717, 1.165) is 30.1 Å². The number of halogens is 1. The number of nitrogens with zero attached hydrogens (tertiary/aromatic N) is 1. The Hall–Kier alpha value is -0.730. The molecule has 0 radical (unpaired) electrons. The van der Waals surface area contributed by atoms with Gasteiger partial charge in [0.1, 0.15) is 0 Å². The van der Waals surface area contributed by atoms with Gasteiger partial charge in [0.25, 0.3) is 0 Å². The molecule has 0 atom stereocenters. The highest BCUT2D eigenvalue weighted by Gasteiger charge is 2.16. The van der Waals surface area contributed by atoms with Crippen LogP contribution in [0.5, 0.6) is 0 Å². The van der Waals surface area contributed by atoms with E-state index in [2.05, 4.69) is 31.7 Å². The van der Waals surface area contributed by atoms with Gasteiger partial charge in [-0.15, -0.1) is 0 Å². The van der Waals surface area contributed by atoms with Gasteiger partial charge in [-0.25, -0.2) is 0 Å². The Kier molecular flexibility index (Phi) is 5.79. The second-order valence-corrected chi connectivity index (χ2v) is 4.98. The number of para-hydroxylation sites is 1. The predicted octanol–water partition coefficient (Wildman–Crippen LogP) is 3.47. The minimum Gasteiger partial charge on any atom is -0.368 e. The lowest BCUT2D eigenvalue weighted by atomic mass is 10.1. The van der Waals surface area contributed by atoms with Crippen LogP contribution in [0.1, 0.15) is 32.8 Å². The van der Waals surface area contributed by atoms with E-state index in [1.807, 2.05) is 12.1 Å². The lowest BCUT2D eigenvalue weighted by Crippen LogP contribution is -2.32. The van der Waals surface area contributed by atoms with E-state index >= 15 is 0 Å². The Morgan fingerprint density at radius 2 is 2.06 bits per heavy atom. The fraction of sp³-hybridized carbons (Fsp3) is 0.571. The molecule has 17 heavy (non-hydrogen) atoms. The molecule has 1 aromatic carbocycles. The minimum absolute atomic E-state index is 0.450. The van der Waals surface area contributed by atoms with Gasteiger partial charge in [0.2, 0.25) is 0 Å². The van der Waals surface area contributed by atoms with E-state index in [0.29, 0.717) is 12.6 Å². The molecule has 0 aliphatic heterocycles. The normalized spacial score (nSPS) is 10.9. The molecule has 0 aromatic heterocycles. The first-order chi connectivity index (χ1) is 8.11. The van der Waals surface area contributed by atoms with Crippen molar-refractivity contribution in [2.45, 2.75) is 39.7 Å². The molecule has 0 aliphatic rings. The van der Waals surface area contributed by atoms with E-state index in [1.165, 1.54) is 5.56 Å². The van der Waals surface area contributed by atoms with Crippen molar-refractivity contribution >= 4 is 17.3 Å². The van der Waals surface area contributed by atoms with Crippen LogP contribution in [0, 0.1) is 0 Å². The van der Waals surface area contributed by atoms with Crippen molar-refractivity contribution in [3.8, 4) is 0 Å². The third-order valence-corrected chi connectivity index (χ3v) is 3.16. The van der Waals surface area contributed by atoms with Gasteiger partial charge in [-0.3, -0.25) is 0 Å². The third-order valence-electron chi connectivity index (χ3n) is 2.86. The summed E-state index contributed by atoms with van der Waals surface area (Å²) in [5, 5.41) is 0.832. The molecule has 3 heteroatoms. The molecule has 96 valence electrons. The van der Waals surface area contributed by atoms with E-state index in [1.54, 1.807) is 0 Å². The maximum Gasteiger partial charge on any atom is 0.0642 e. The first-order valence-corrected chi connectivity index (χ1v) is 6.73. The van der Waals surface area contributed by atoms with Crippen LogP contribution in [-0.2, 0) is 6.42 Å². The molecule has 1 aromatic rings. The largest absolute Gasteiger partial charge is 0.368 e. The average molecular weight is 255 g/mol. The molecule has 0 saturated heterocycles. The molecular weight excluding hydrogens is 232 g/mol. The van der Waals surface area contributed by atoms with Gasteiger partial charge in [0.05, 0.1) is 10.7 Å². The van der Waals surface area contributed by atoms with Crippen LogP contribution in [-0.4, -0.2) is 19.1 Å². The smallest absolute Gasteiger partial charge is 0.0642 e. The lowest BCUT2D eigenvalue weighted by molar-refractivity contribution is 0.667. The van der Waals surface area contributed by atoms with Crippen molar-refractivity contribution < 1.29 is 0 Å². The SMILES string of the molecule is CCCN(c1c(Cl)cccc1CCN)C(C)C. The van der Waals surface area contributed by atoms with Gasteiger partial charge in [-0.05, 0) is 44.9 Å². The van der Waals surface area contributed by atoms with Crippen LogP contribution in [0.25, 0.3) is 0 Å². The summed E-state index contributed by atoms with van der Waals surface area (Å²) < 4.78 is 0. The summed E-state index contributed by atoms with van der Waals surface area (Å²) in [7, 11) is 0. The van der Waals surface area contributed by atoms with Gasteiger partial charge >= 0.3 is 0 Å². The van der Waals surface area contributed by atoms with Gasteiger partial charge < -0.3 is 10.6 Å². The molecule has 0 unspecified atom stereocenters. The summed E-state index contributed by atoms with van der Waals surface area (Å²) >= 11 is 6.36. The molecule has 0 spiro atoms. The highest BCUT2D eigenvalue weighted by atomic mass is 35.5. The summed E-state index contributed by atoms with van der Waals surface area (Å²) in [5.74, 6) is 0. The molecular formula is C14H23ClN2. The van der Waals surface area contributed by atoms with Gasteiger partial charge in [0, 0.05) is 12.6 Å². The quantitative estimate of drug-likeness (QED) is 0.842. The number of nitrogens with two attached hydrogens (primary N) is 1. The maximum atomic E-state index is 6.36. The highest BCUT2D eigenvalue weighted by Crippen LogP contribution is 2.31. The Morgan fingerprint density at radius 1 is 1.35 bits per heavy atom. The molecule has 0 bridgehead atoms. The van der Waals surface area contributed by atoms with Crippen LogP contribution in [0.4, 0.5) is 5.69 Å². The Labute approximate surface area is 110 Å². The molecule has 0 fully saturated rings. The summed E-state index contributed by atoms with van der Waals surface area (Å²) in [6.07, 6.45) is 1.99. The van der Waals surface area contributed by atoms with Crippen LogP contribution in [0.3, 0.4) is 0 Å². The van der Waals surface area contributed by atoms with Crippen LogP contribution < -0.4 is 10.6 Å².